The van der Waals surface area contributed by atoms with Gasteiger partial charge in [-0.2, -0.15) is 5.10 Å². The first-order valence-corrected chi connectivity index (χ1v) is 6.16. The van der Waals surface area contributed by atoms with Crippen molar-refractivity contribution < 1.29 is 10.0 Å². The minimum Gasteiger partial charge on any atom is -0.867 e. The van der Waals surface area contributed by atoms with Crippen LogP contribution in [-0.4, -0.2) is 21.3 Å². The van der Waals surface area contributed by atoms with Crippen molar-refractivity contribution in [3.8, 4) is 5.75 Å². The summed E-state index contributed by atoms with van der Waals surface area (Å²) >= 11 is 11.3. The number of hydrazone groups is 1. The second kappa shape index (κ2) is 6.33. The van der Waals surface area contributed by atoms with Gasteiger partial charge < -0.3 is 5.11 Å². The van der Waals surface area contributed by atoms with Crippen molar-refractivity contribution in [1.29, 1.82) is 0 Å². The van der Waals surface area contributed by atoms with E-state index in [2.05, 4.69) is 20.7 Å². The Morgan fingerprint density at radius 1 is 1.29 bits per heavy atom. The summed E-state index contributed by atoms with van der Waals surface area (Å²) in [5.41, 5.74) is 1.86. The molecule has 108 valence electrons. The van der Waals surface area contributed by atoms with E-state index >= 15 is 0 Å². The van der Waals surface area contributed by atoms with E-state index in [1.54, 1.807) is 0 Å². The summed E-state index contributed by atoms with van der Waals surface area (Å²) in [5, 5.41) is 33.8. The lowest BCUT2D eigenvalue weighted by molar-refractivity contribution is -0.398. The Morgan fingerprint density at radius 2 is 2.05 bits per heavy atom. The van der Waals surface area contributed by atoms with Gasteiger partial charge in [-0.25, -0.2) is 0 Å². The molecule has 0 spiro atoms. The fourth-order valence-corrected chi connectivity index (χ4v) is 1.70. The number of aromatic nitrogens is 2. The quantitative estimate of drug-likeness (QED) is 0.523. The van der Waals surface area contributed by atoms with E-state index in [1.165, 1.54) is 18.2 Å². The smallest absolute Gasteiger partial charge is 0.263 e. The van der Waals surface area contributed by atoms with Crippen LogP contribution in [-0.2, 0) is 0 Å². The molecule has 0 fully saturated rings. The highest BCUT2D eigenvalue weighted by molar-refractivity contribution is 6.31. The molecule has 21 heavy (non-hydrogen) atoms. The van der Waals surface area contributed by atoms with E-state index in [4.69, 9.17) is 23.2 Å². The van der Waals surface area contributed by atoms with Crippen LogP contribution in [0.5, 0.6) is 5.75 Å². The average molecular weight is 327 g/mol. The first kappa shape index (κ1) is 14.9. The van der Waals surface area contributed by atoms with Crippen LogP contribution < -0.4 is 10.5 Å². The van der Waals surface area contributed by atoms with Crippen LogP contribution in [0.2, 0.25) is 10.2 Å². The number of rotatable bonds is 4. The topological polar surface area (TPSA) is 116 Å². The number of hydrogen-bond acceptors (Lipinski definition) is 7. The zero-order valence-electron chi connectivity index (χ0n) is 10.2. The number of nitrogens with zero attached hydrogens (tertiary/aromatic N) is 4. The number of nitro benzene ring substituents is 1. The Hall–Kier alpha value is -2.45. The highest BCUT2D eigenvalue weighted by Crippen LogP contribution is 2.29. The highest BCUT2D eigenvalue weighted by Gasteiger charge is 2.11. The number of hydrogen-bond donors (Lipinski definition) is 1. The third-order valence-corrected chi connectivity index (χ3v) is 2.69. The van der Waals surface area contributed by atoms with Crippen LogP contribution in [0.4, 0.5) is 11.5 Å². The van der Waals surface area contributed by atoms with Gasteiger partial charge in [-0.1, -0.05) is 23.2 Å². The molecule has 0 aliphatic rings. The van der Waals surface area contributed by atoms with Crippen molar-refractivity contribution >= 4 is 40.9 Å². The molecule has 2 aromatic rings. The molecule has 0 unspecified atom stereocenters. The number of nitrogens with one attached hydrogen (secondary N) is 1. The molecule has 0 bridgehead atoms. The van der Waals surface area contributed by atoms with Crippen molar-refractivity contribution in [2.45, 2.75) is 0 Å². The van der Waals surface area contributed by atoms with Gasteiger partial charge in [0, 0.05) is 11.1 Å². The van der Waals surface area contributed by atoms with Crippen LogP contribution in [0, 0.1) is 10.1 Å². The molecule has 0 amide bonds. The maximum atomic E-state index is 11.8. The van der Waals surface area contributed by atoms with Gasteiger partial charge >= 0.3 is 0 Å². The Balaban J connectivity index is 2.21. The fraction of sp³-hybridized carbons (Fsp3) is 0. The van der Waals surface area contributed by atoms with Gasteiger partial charge in [0.25, 0.3) is 5.69 Å². The first-order chi connectivity index (χ1) is 9.97. The molecule has 8 nitrogen and oxygen atoms in total. The van der Waals surface area contributed by atoms with Crippen LogP contribution >= 0.6 is 23.2 Å². The van der Waals surface area contributed by atoms with E-state index in [0.29, 0.717) is 5.82 Å². The Bertz CT molecular complexity index is 706. The van der Waals surface area contributed by atoms with Crippen LogP contribution in [0.15, 0.2) is 29.4 Å². The van der Waals surface area contributed by atoms with Crippen molar-refractivity contribution in [1.82, 2.24) is 10.2 Å². The molecule has 0 saturated heterocycles. The van der Waals surface area contributed by atoms with Crippen LogP contribution in [0.1, 0.15) is 5.56 Å². The predicted octanol–water partition coefficient (Wildman–Crippen LogP) is 2.21. The molecular formula is C11H6Cl2N5O3-. The molecular weight excluding hydrogens is 321 g/mol. The molecule has 1 N–H and O–H groups in total. The number of anilines is 1. The van der Waals surface area contributed by atoms with Crippen LogP contribution in [0.3, 0.4) is 0 Å². The van der Waals surface area contributed by atoms with Gasteiger partial charge in [0.1, 0.15) is 0 Å². The summed E-state index contributed by atoms with van der Waals surface area (Å²) in [6.45, 7) is 0. The molecule has 0 aliphatic heterocycles. The minimum absolute atomic E-state index is 0.0244. The summed E-state index contributed by atoms with van der Waals surface area (Å²) in [7, 11) is 0. The summed E-state index contributed by atoms with van der Waals surface area (Å²) in [6, 6.07) is 5.27. The minimum atomic E-state index is -0.802. The second-order valence-corrected chi connectivity index (χ2v) is 4.54. The van der Waals surface area contributed by atoms with Gasteiger partial charge in [-0.3, -0.25) is 15.5 Å². The normalized spacial score (nSPS) is 10.8. The monoisotopic (exact) mass is 326 g/mol. The van der Waals surface area contributed by atoms with Crippen LogP contribution in [0.25, 0.3) is 0 Å². The lowest BCUT2D eigenvalue weighted by Crippen LogP contribution is -2.03. The number of benzene rings is 1. The van der Waals surface area contributed by atoms with E-state index in [1.807, 2.05) is 0 Å². The second-order valence-electron chi connectivity index (χ2n) is 3.71. The molecule has 0 radical (unpaired) electrons. The van der Waals surface area contributed by atoms with Crippen molar-refractivity contribution in [3.63, 3.8) is 0 Å². The summed E-state index contributed by atoms with van der Waals surface area (Å²) in [6.07, 6.45) is 1.11. The highest BCUT2D eigenvalue weighted by atomic mass is 35.5. The summed E-state index contributed by atoms with van der Waals surface area (Å²) in [5.74, 6) is -0.489. The van der Waals surface area contributed by atoms with E-state index in [9.17, 15) is 15.2 Å². The largest absolute Gasteiger partial charge is 0.867 e. The molecule has 1 heterocycles. The Labute approximate surface area is 128 Å². The lowest BCUT2D eigenvalue weighted by atomic mass is 10.2. The molecule has 0 atom stereocenters. The molecule has 10 heteroatoms. The van der Waals surface area contributed by atoms with Gasteiger partial charge in [0.2, 0.25) is 0 Å². The molecule has 0 aliphatic carbocycles. The Kier molecular flexibility index (Phi) is 4.51. The third-order valence-electron chi connectivity index (χ3n) is 2.27. The zero-order valence-corrected chi connectivity index (χ0v) is 11.7. The summed E-state index contributed by atoms with van der Waals surface area (Å²) < 4.78 is 0. The van der Waals surface area contributed by atoms with Gasteiger partial charge in [0.05, 0.1) is 11.1 Å². The van der Waals surface area contributed by atoms with Crippen molar-refractivity contribution in [2.75, 3.05) is 5.43 Å². The molecule has 0 saturated carbocycles. The van der Waals surface area contributed by atoms with E-state index in [0.717, 1.165) is 12.3 Å². The molecule has 1 aromatic heterocycles. The van der Waals surface area contributed by atoms with Crippen molar-refractivity contribution in [3.05, 3.63) is 50.1 Å². The first-order valence-electron chi connectivity index (χ1n) is 5.40. The third kappa shape index (κ3) is 3.77. The summed E-state index contributed by atoms with van der Waals surface area (Å²) in [4.78, 5) is 9.91. The number of halogens is 2. The van der Waals surface area contributed by atoms with E-state index in [-0.39, 0.29) is 15.7 Å². The SMILES string of the molecule is O=[N+]([O-])c1cc(Cl)cc(/C=N\Nc2ccc(Cl)nn2)c1[O-]. The van der Waals surface area contributed by atoms with Gasteiger partial charge in [0.15, 0.2) is 11.0 Å². The van der Waals surface area contributed by atoms with E-state index < -0.39 is 16.4 Å². The fourth-order valence-electron chi connectivity index (χ4n) is 1.37. The maximum Gasteiger partial charge on any atom is 0.263 e. The average Bonchev–Trinajstić information content (AvgIpc) is 2.44. The number of nitro groups is 1. The predicted molar refractivity (Wildman–Crippen MR) is 75.8 cm³/mol. The van der Waals surface area contributed by atoms with Gasteiger partial charge in [-0.15, -0.1) is 10.2 Å². The maximum absolute atomic E-state index is 11.8. The van der Waals surface area contributed by atoms with Gasteiger partial charge in [-0.05, 0) is 29.5 Å². The Morgan fingerprint density at radius 3 is 2.67 bits per heavy atom. The molecule has 1 aromatic carbocycles. The van der Waals surface area contributed by atoms with Crippen molar-refractivity contribution in [2.24, 2.45) is 5.10 Å². The lowest BCUT2D eigenvalue weighted by Gasteiger charge is -2.10. The standard InChI is InChI=1S/C11H7Cl2N5O3/c12-7-3-6(11(19)8(4-7)18(20)21)5-14-16-10-2-1-9(13)15-17-10/h1-5,19H,(H,16,17)/p-1/b14-5-. The zero-order chi connectivity index (χ0) is 15.4. The molecule has 2 rings (SSSR count).